The molecule has 0 bridgehead atoms. The van der Waals surface area contributed by atoms with Gasteiger partial charge in [-0.05, 0) is 91.3 Å². The largest absolute Gasteiger partial charge is 0.477 e. The van der Waals surface area contributed by atoms with Crippen molar-refractivity contribution >= 4 is 23.9 Å². The highest BCUT2D eigenvalue weighted by atomic mass is 16.6. The number of allylic oxidation sites excluding steroid dienone is 2. The molecule has 3 aromatic rings. The second-order valence-corrected chi connectivity index (χ2v) is 17.0. The quantitative estimate of drug-likeness (QED) is 0.0388. The molecule has 6 rings (SSSR count). The van der Waals surface area contributed by atoms with Crippen molar-refractivity contribution in [3.8, 4) is 0 Å². The number of carboxylic acid groups (broad SMARTS) is 2. The van der Waals surface area contributed by atoms with Gasteiger partial charge in [-0.1, -0.05) is 35.9 Å². The minimum absolute atomic E-state index is 0.0490. The fourth-order valence-electron chi connectivity index (χ4n) is 8.82. The van der Waals surface area contributed by atoms with Crippen molar-refractivity contribution in [1.82, 2.24) is 30.4 Å². The number of hydrogen-bond donors (Lipinski definition) is 6. The summed E-state index contributed by atoms with van der Waals surface area (Å²) in [6.07, 6.45) is 6.90. The zero-order chi connectivity index (χ0) is 48.1. The van der Waals surface area contributed by atoms with Gasteiger partial charge in [0, 0.05) is 51.4 Å². The number of aliphatic hydroxyl groups excluding tert-OH is 2. The van der Waals surface area contributed by atoms with E-state index in [9.17, 15) is 39.6 Å². The number of benzene rings is 1. The van der Waals surface area contributed by atoms with Crippen molar-refractivity contribution < 1.29 is 63.3 Å². The lowest BCUT2D eigenvalue weighted by atomic mass is 9.99. The summed E-state index contributed by atoms with van der Waals surface area (Å²) in [6.45, 7) is 4.94. The van der Waals surface area contributed by atoms with Crippen LogP contribution < -0.4 is 10.6 Å². The van der Waals surface area contributed by atoms with E-state index in [1.165, 1.54) is 37.8 Å². The van der Waals surface area contributed by atoms with Crippen LogP contribution in [-0.2, 0) is 30.2 Å². The number of alkyl carbamates (subject to hydrolysis) is 1. The Morgan fingerprint density at radius 2 is 1.31 bits per heavy atom. The third-order valence-electron chi connectivity index (χ3n) is 12.5. The number of hydrogen-bond acceptors (Lipinski definition) is 15. The average molecular weight is 947 g/mol. The van der Waals surface area contributed by atoms with E-state index in [4.69, 9.17) is 23.7 Å². The maximum Gasteiger partial charge on any atom is 0.407 e. The van der Waals surface area contributed by atoms with Crippen LogP contribution in [0.25, 0.3) is 0 Å². The summed E-state index contributed by atoms with van der Waals surface area (Å²) in [4.78, 5) is 60.8. The molecule has 19 heteroatoms. The number of nitrogens with one attached hydrogen (secondary N) is 2. The lowest BCUT2D eigenvalue weighted by molar-refractivity contribution is 0.0245. The first-order chi connectivity index (χ1) is 33.1. The van der Waals surface area contributed by atoms with E-state index in [1.54, 1.807) is 54.1 Å². The first kappa shape index (κ1) is 52.0. The van der Waals surface area contributed by atoms with E-state index in [1.807, 2.05) is 9.80 Å². The molecular formula is C49H66N6O13. The van der Waals surface area contributed by atoms with Crippen molar-refractivity contribution in [1.29, 1.82) is 0 Å². The Balaban J connectivity index is 0.870. The highest BCUT2D eigenvalue weighted by molar-refractivity contribution is 5.94. The molecule has 2 aromatic heterocycles. The molecule has 1 aromatic carbocycles. The summed E-state index contributed by atoms with van der Waals surface area (Å²) in [7, 11) is 0. The van der Waals surface area contributed by atoms with Crippen LogP contribution in [0, 0.1) is 23.7 Å². The number of rotatable bonds is 32. The Labute approximate surface area is 396 Å². The van der Waals surface area contributed by atoms with E-state index in [0.29, 0.717) is 100 Å². The summed E-state index contributed by atoms with van der Waals surface area (Å²) in [5, 5.41) is 44.1. The highest BCUT2D eigenvalue weighted by Gasteiger charge is 2.51. The highest BCUT2D eigenvalue weighted by Crippen LogP contribution is 2.57. The van der Waals surface area contributed by atoms with Crippen LogP contribution in [0.1, 0.15) is 80.0 Å². The van der Waals surface area contributed by atoms with Gasteiger partial charge in [-0.25, -0.2) is 24.4 Å². The molecule has 0 radical (unpaired) electrons. The molecule has 6 N–H and O–H groups in total. The third kappa shape index (κ3) is 16.7. The van der Waals surface area contributed by atoms with E-state index in [2.05, 4.69) is 26.7 Å². The van der Waals surface area contributed by atoms with Gasteiger partial charge >= 0.3 is 18.0 Å². The lowest BCUT2D eigenvalue weighted by Gasteiger charge is -2.31. The zero-order valence-corrected chi connectivity index (χ0v) is 38.5. The fraction of sp³-hybridized carbons (Fsp3) is 0.551. The Kier molecular flexibility index (Phi) is 21.1. The normalized spacial score (nSPS) is 18.7. The van der Waals surface area contributed by atoms with Gasteiger partial charge in [-0.15, -0.1) is 0 Å². The standard InChI is InChI=1S/C49H66N6O13/c56-21-17-54(32-38-3-1-5-43(52-38)47(59)60)19-25-66-29-30-67-26-20-55(18-22-57)45(42-4-2-6-44(53-42)48(61)62)34-7-9-35(10-8-34)46(58)50-15-23-64-27-28-65-24-16-51-49(63)68-33-41-39-13-11-36-31-37(36)12-14-40(39)41/h1-10,31,36,39-41,45,56-57H,11-30,32-33H2,(H,50,58)(H,51,63)(H,59,60)(H,61,62)/t36?,39-,40+,41-,45?/m0/s1. The van der Waals surface area contributed by atoms with Gasteiger partial charge in [0.15, 0.2) is 0 Å². The Bertz CT molecular complexity index is 2110. The maximum atomic E-state index is 13.0. The van der Waals surface area contributed by atoms with Crippen molar-refractivity contribution in [2.75, 3.05) is 112 Å². The Hall–Kier alpha value is -5.38. The fourth-order valence-corrected chi connectivity index (χ4v) is 8.82. The number of aliphatic hydroxyl groups is 2. The molecule has 2 saturated carbocycles. The summed E-state index contributed by atoms with van der Waals surface area (Å²) < 4.78 is 28.3. The zero-order valence-electron chi connectivity index (χ0n) is 38.5. The van der Waals surface area contributed by atoms with Gasteiger partial charge in [0.2, 0.25) is 0 Å². The molecule has 5 atom stereocenters. The van der Waals surface area contributed by atoms with E-state index < -0.39 is 24.1 Å². The molecular weight excluding hydrogens is 881 g/mol. The number of carbonyl (C=O) groups excluding carboxylic acids is 2. The van der Waals surface area contributed by atoms with Crippen LogP contribution in [0.4, 0.5) is 4.79 Å². The number of ether oxygens (including phenoxy) is 5. The number of nitrogens with zero attached hydrogens (tertiary/aromatic N) is 4. The van der Waals surface area contributed by atoms with E-state index in [0.717, 1.165) is 11.5 Å². The summed E-state index contributed by atoms with van der Waals surface area (Å²) in [5.74, 6) is 0.0531. The molecule has 0 aliphatic heterocycles. The maximum absolute atomic E-state index is 13.0. The molecule has 3 aliphatic rings. The van der Waals surface area contributed by atoms with Crippen LogP contribution in [-0.4, -0.2) is 176 Å². The van der Waals surface area contributed by atoms with Gasteiger partial charge in [-0.3, -0.25) is 14.6 Å². The second-order valence-electron chi connectivity index (χ2n) is 17.0. The first-order valence-corrected chi connectivity index (χ1v) is 23.5. The number of aromatic carboxylic acids is 2. The van der Waals surface area contributed by atoms with Crippen molar-refractivity contribution in [2.45, 2.75) is 38.3 Å². The van der Waals surface area contributed by atoms with Crippen molar-refractivity contribution in [3.05, 3.63) is 106 Å². The monoisotopic (exact) mass is 946 g/mol. The van der Waals surface area contributed by atoms with Crippen LogP contribution in [0.5, 0.6) is 0 Å². The molecule has 3 aliphatic carbocycles. The topological polar surface area (TPSA) is 252 Å². The van der Waals surface area contributed by atoms with Gasteiger partial charge in [0.1, 0.15) is 11.4 Å². The van der Waals surface area contributed by atoms with Crippen LogP contribution in [0.2, 0.25) is 0 Å². The summed E-state index contributed by atoms with van der Waals surface area (Å²) >= 11 is 0. The number of pyridine rings is 2. The Morgan fingerprint density at radius 1 is 0.676 bits per heavy atom. The van der Waals surface area contributed by atoms with Gasteiger partial charge in [0.25, 0.3) is 5.91 Å². The minimum atomic E-state index is -1.18. The second kappa shape index (κ2) is 27.6. The van der Waals surface area contributed by atoms with E-state index >= 15 is 0 Å². The van der Waals surface area contributed by atoms with Crippen LogP contribution in [0.15, 0.2) is 72.3 Å². The van der Waals surface area contributed by atoms with Crippen molar-refractivity contribution in [2.24, 2.45) is 23.7 Å². The van der Waals surface area contributed by atoms with Gasteiger partial charge < -0.3 is 54.7 Å². The predicted octanol–water partition coefficient (Wildman–Crippen LogP) is 3.27. The number of carboxylic acids is 2. The predicted molar refractivity (Wildman–Crippen MR) is 247 cm³/mol. The van der Waals surface area contributed by atoms with Crippen LogP contribution >= 0.6 is 0 Å². The molecule has 0 saturated heterocycles. The number of amides is 2. The smallest absolute Gasteiger partial charge is 0.407 e. The molecule has 2 fully saturated rings. The van der Waals surface area contributed by atoms with E-state index in [-0.39, 0.29) is 70.0 Å². The van der Waals surface area contributed by atoms with Gasteiger partial charge in [-0.2, -0.15) is 0 Å². The minimum Gasteiger partial charge on any atom is -0.477 e. The molecule has 2 amide bonds. The number of fused-ring (bicyclic) bond motifs is 2. The van der Waals surface area contributed by atoms with Crippen molar-refractivity contribution in [3.63, 3.8) is 0 Å². The lowest BCUT2D eigenvalue weighted by Crippen LogP contribution is -2.36. The third-order valence-corrected chi connectivity index (χ3v) is 12.5. The van der Waals surface area contributed by atoms with Crippen LogP contribution in [0.3, 0.4) is 0 Å². The Morgan fingerprint density at radius 3 is 2.00 bits per heavy atom. The summed E-state index contributed by atoms with van der Waals surface area (Å²) in [5.41, 5.74) is 3.58. The molecule has 68 heavy (non-hydrogen) atoms. The molecule has 2 unspecified atom stereocenters. The van der Waals surface area contributed by atoms with Gasteiger partial charge in [0.05, 0.1) is 90.1 Å². The molecule has 0 spiro atoms. The average Bonchev–Trinajstić information content (AvgIpc) is 4.25. The molecule has 19 nitrogen and oxygen atoms in total. The first-order valence-electron chi connectivity index (χ1n) is 23.5. The number of carbonyl (C=O) groups is 4. The SMILES string of the molecule is O=C(NCCOCCOCCNC(=O)c1ccc(C(c2cccc(C(=O)O)n2)N(CCO)CCOCCOCCN(CCO)Cc2cccc(C(=O)O)n2)cc1)OC[C@@H]1[C@@H]2CCC3=CC3CC[C@@H]21. The molecule has 370 valence electrons. The molecule has 2 heterocycles. The number of aromatic nitrogens is 2. The summed E-state index contributed by atoms with van der Waals surface area (Å²) in [6, 6.07) is 15.8.